The van der Waals surface area contributed by atoms with E-state index in [9.17, 15) is 9.18 Å². The van der Waals surface area contributed by atoms with Crippen LogP contribution >= 0.6 is 0 Å². The van der Waals surface area contributed by atoms with Crippen molar-refractivity contribution < 1.29 is 13.9 Å². The molecular formula is C23H25FN4O2. The van der Waals surface area contributed by atoms with Crippen molar-refractivity contribution in [2.24, 2.45) is 16.1 Å². The number of rotatable bonds is 2. The van der Waals surface area contributed by atoms with Crippen molar-refractivity contribution in [1.29, 1.82) is 0 Å². The Kier molecular flexibility index (Phi) is 4.22. The number of methoxy groups -OCH3 is 1. The van der Waals surface area contributed by atoms with Crippen LogP contribution in [0.5, 0.6) is 0 Å². The molecule has 2 heterocycles. The fourth-order valence-corrected chi connectivity index (χ4v) is 5.69. The Hall–Kier alpha value is -2.80. The number of carbonyl (C=O) groups excluding carboxylic acids is 1. The van der Waals surface area contributed by atoms with Crippen LogP contribution < -0.4 is 5.73 Å². The molecule has 1 fully saturated rings. The summed E-state index contributed by atoms with van der Waals surface area (Å²) >= 11 is 0. The lowest BCUT2D eigenvalue weighted by atomic mass is 9.61. The number of guanidine groups is 1. The molecule has 1 aromatic carbocycles. The molecule has 30 heavy (non-hydrogen) atoms. The summed E-state index contributed by atoms with van der Waals surface area (Å²) < 4.78 is 20.0. The zero-order valence-corrected chi connectivity index (χ0v) is 17.2. The third-order valence-corrected chi connectivity index (χ3v) is 7.33. The smallest absolute Gasteiger partial charge is 0.262 e. The van der Waals surface area contributed by atoms with Crippen molar-refractivity contribution in [3.63, 3.8) is 0 Å². The molecule has 1 amide bonds. The summed E-state index contributed by atoms with van der Waals surface area (Å²) in [6.07, 6.45) is 5.79. The highest BCUT2D eigenvalue weighted by molar-refractivity contribution is 6.08. The van der Waals surface area contributed by atoms with E-state index in [4.69, 9.17) is 15.5 Å². The number of likely N-dealkylation sites (N-methyl/N-ethyl adjacent to an activating group) is 1. The van der Waals surface area contributed by atoms with Gasteiger partial charge in [-0.05, 0) is 67.0 Å². The van der Waals surface area contributed by atoms with Crippen molar-refractivity contribution in [3.05, 3.63) is 53.6 Å². The van der Waals surface area contributed by atoms with Crippen LogP contribution in [0.15, 0.2) is 41.5 Å². The van der Waals surface area contributed by atoms with Gasteiger partial charge in [-0.25, -0.2) is 9.98 Å². The summed E-state index contributed by atoms with van der Waals surface area (Å²) in [6, 6.07) is 9.24. The Balaban J connectivity index is 1.69. The molecule has 5 rings (SSSR count). The molecule has 1 unspecified atom stereocenters. The molecule has 2 aliphatic carbocycles. The van der Waals surface area contributed by atoms with Crippen LogP contribution in [0.25, 0.3) is 11.1 Å². The number of carbonyl (C=O) groups is 1. The third-order valence-electron chi connectivity index (χ3n) is 7.33. The molecule has 0 radical (unpaired) electrons. The highest BCUT2D eigenvalue weighted by atomic mass is 19.1. The maximum atomic E-state index is 14.4. The van der Waals surface area contributed by atoms with Crippen LogP contribution in [0.3, 0.4) is 0 Å². The lowest BCUT2D eigenvalue weighted by molar-refractivity contribution is -0.137. The SMILES string of the molecule is COC1CCC2(CC1)Cc1ccc(-c3cccnc3F)cc1C21N=C(N)N(C)C1=O. The number of ether oxygens (including phenoxy) is 1. The highest BCUT2D eigenvalue weighted by Crippen LogP contribution is 2.62. The monoisotopic (exact) mass is 408 g/mol. The van der Waals surface area contributed by atoms with Gasteiger partial charge < -0.3 is 10.5 Å². The van der Waals surface area contributed by atoms with Gasteiger partial charge in [-0.3, -0.25) is 9.69 Å². The number of amides is 1. The zero-order valence-electron chi connectivity index (χ0n) is 17.2. The average Bonchev–Trinajstić information content (AvgIpc) is 3.15. The fraction of sp³-hybridized carbons (Fsp3) is 0.435. The Morgan fingerprint density at radius 1 is 1.27 bits per heavy atom. The van der Waals surface area contributed by atoms with Gasteiger partial charge in [0.2, 0.25) is 5.95 Å². The fourth-order valence-electron chi connectivity index (χ4n) is 5.69. The van der Waals surface area contributed by atoms with E-state index in [2.05, 4.69) is 4.98 Å². The third kappa shape index (κ3) is 2.41. The summed E-state index contributed by atoms with van der Waals surface area (Å²) in [5, 5.41) is 0. The quantitative estimate of drug-likeness (QED) is 0.775. The molecule has 1 aromatic heterocycles. The molecule has 1 aliphatic heterocycles. The summed E-state index contributed by atoms with van der Waals surface area (Å²) in [5.74, 6) is -0.393. The molecule has 2 spiro atoms. The number of aliphatic imine (C=N–C) groups is 1. The standard InChI is InChI=1S/C23H25FN4O2/c1-28-20(29)23(27-21(28)25)18-12-14(17-4-3-11-26-19(17)24)5-6-15(18)13-22(23)9-7-16(30-2)8-10-22/h3-6,11-12,16H,7-10,13H2,1-2H3,(H2,25,27). The van der Waals surface area contributed by atoms with Crippen molar-refractivity contribution in [2.45, 2.75) is 43.7 Å². The lowest BCUT2D eigenvalue weighted by Gasteiger charge is -2.45. The number of hydrogen-bond acceptors (Lipinski definition) is 5. The van der Waals surface area contributed by atoms with Crippen LogP contribution in [0.2, 0.25) is 0 Å². The van der Waals surface area contributed by atoms with E-state index in [0.717, 1.165) is 43.2 Å². The highest BCUT2D eigenvalue weighted by Gasteiger charge is 2.66. The number of hydrogen-bond donors (Lipinski definition) is 1. The minimum atomic E-state index is -1.06. The second kappa shape index (κ2) is 6.60. The van der Waals surface area contributed by atoms with E-state index in [0.29, 0.717) is 11.1 Å². The molecule has 7 heteroatoms. The first-order valence-corrected chi connectivity index (χ1v) is 10.3. The van der Waals surface area contributed by atoms with Crippen molar-refractivity contribution in [2.75, 3.05) is 14.2 Å². The van der Waals surface area contributed by atoms with Crippen molar-refractivity contribution >= 4 is 11.9 Å². The number of halogens is 1. The maximum absolute atomic E-state index is 14.4. The van der Waals surface area contributed by atoms with Gasteiger partial charge in [0.1, 0.15) is 0 Å². The molecule has 6 nitrogen and oxygen atoms in total. The molecule has 2 aromatic rings. The Labute approximate surface area is 175 Å². The maximum Gasteiger partial charge on any atom is 0.262 e. The van der Waals surface area contributed by atoms with E-state index < -0.39 is 11.5 Å². The van der Waals surface area contributed by atoms with E-state index >= 15 is 0 Å². The van der Waals surface area contributed by atoms with Crippen molar-refractivity contribution in [1.82, 2.24) is 9.88 Å². The molecule has 2 N–H and O–H groups in total. The predicted molar refractivity (Wildman–Crippen MR) is 111 cm³/mol. The van der Waals surface area contributed by atoms with Crippen LogP contribution in [-0.4, -0.2) is 42.0 Å². The van der Waals surface area contributed by atoms with Gasteiger partial charge in [0.05, 0.1) is 6.10 Å². The molecule has 156 valence electrons. The average molecular weight is 408 g/mol. The van der Waals surface area contributed by atoms with Gasteiger partial charge >= 0.3 is 0 Å². The first-order chi connectivity index (χ1) is 14.4. The Bertz CT molecular complexity index is 1060. The first kappa shape index (κ1) is 19.2. The molecular weight excluding hydrogens is 383 g/mol. The van der Waals surface area contributed by atoms with Crippen molar-refractivity contribution in [3.8, 4) is 11.1 Å². The van der Waals surface area contributed by atoms with Gasteiger partial charge in [-0.2, -0.15) is 4.39 Å². The molecule has 0 saturated heterocycles. The first-order valence-electron chi connectivity index (χ1n) is 10.3. The van der Waals surface area contributed by atoms with Gasteiger partial charge in [0.25, 0.3) is 5.91 Å². The lowest BCUT2D eigenvalue weighted by Crippen LogP contribution is -2.51. The summed E-state index contributed by atoms with van der Waals surface area (Å²) in [4.78, 5) is 23.7. The van der Waals surface area contributed by atoms with E-state index in [1.807, 2.05) is 18.2 Å². The molecule has 1 saturated carbocycles. The minimum Gasteiger partial charge on any atom is -0.381 e. The molecule has 1 atom stereocenters. The van der Waals surface area contributed by atoms with Crippen LogP contribution in [-0.2, 0) is 21.5 Å². The topological polar surface area (TPSA) is 80.8 Å². The van der Waals surface area contributed by atoms with Crippen LogP contribution in [0.4, 0.5) is 4.39 Å². The summed E-state index contributed by atoms with van der Waals surface area (Å²) in [7, 11) is 3.41. The predicted octanol–water partition coefficient (Wildman–Crippen LogP) is 3.00. The van der Waals surface area contributed by atoms with E-state index in [1.165, 1.54) is 11.1 Å². The second-order valence-electron chi connectivity index (χ2n) is 8.65. The zero-order chi connectivity index (χ0) is 21.1. The van der Waals surface area contributed by atoms with Crippen LogP contribution in [0.1, 0.15) is 36.8 Å². The Morgan fingerprint density at radius 3 is 2.67 bits per heavy atom. The summed E-state index contributed by atoms with van der Waals surface area (Å²) in [5.41, 5.74) is 7.78. The number of nitrogens with two attached hydrogens (primary N) is 1. The van der Waals surface area contributed by atoms with Crippen LogP contribution in [0, 0.1) is 11.4 Å². The summed E-state index contributed by atoms with van der Waals surface area (Å²) in [6.45, 7) is 0. The Morgan fingerprint density at radius 2 is 2.03 bits per heavy atom. The van der Waals surface area contributed by atoms with Gasteiger partial charge in [0, 0.05) is 31.3 Å². The number of fused-ring (bicyclic) bond motifs is 3. The number of nitrogens with zero attached hydrogens (tertiary/aromatic N) is 3. The largest absolute Gasteiger partial charge is 0.381 e. The number of pyridine rings is 1. The molecule has 0 bridgehead atoms. The van der Waals surface area contributed by atoms with Gasteiger partial charge in [-0.1, -0.05) is 12.1 Å². The normalized spacial score (nSPS) is 30.2. The van der Waals surface area contributed by atoms with E-state index in [1.54, 1.807) is 26.3 Å². The number of benzene rings is 1. The van der Waals surface area contributed by atoms with Gasteiger partial charge in [0.15, 0.2) is 11.5 Å². The van der Waals surface area contributed by atoms with E-state index in [-0.39, 0.29) is 23.4 Å². The van der Waals surface area contributed by atoms with Gasteiger partial charge in [-0.15, -0.1) is 0 Å². The number of aromatic nitrogens is 1. The second-order valence-corrected chi connectivity index (χ2v) is 8.65. The molecule has 3 aliphatic rings. The minimum absolute atomic E-state index is 0.0987.